The molecule has 0 aliphatic carbocycles. The molecule has 2 rings (SSSR count). The second-order valence-corrected chi connectivity index (χ2v) is 6.60. The van der Waals surface area contributed by atoms with E-state index in [-0.39, 0.29) is 18.1 Å². The van der Waals surface area contributed by atoms with Crippen LogP contribution in [0.1, 0.15) is 37.0 Å². The van der Waals surface area contributed by atoms with Gasteiger partial charge in [0.2, 0.25) is 0 Å². The van der Waals surface area contributed by atoms with Gasteiger partial charge >= 0.3 is 5.97 Å². The second kappa shape index (κ2) is 8.47. The Morgan fingerprint density at radius 2 is 1.48 bits per heavy atom. The van der Waals surface area contributed by atoms with Crippen LogP contribution in [0.5, 0.6) is 5.75 Å². The first-order valence-corrected chi connectivity index (χ1v) is 8.41. The van der Waals surface area contributed by atoms with E-state index in [0.717, 1.165) is 16.9 Å². The first-order chi connectivity index (χ1) is 11.9. The van der Waals surface area contributed by atoms with E-state index in [9.17, 15) is 14.7 Å². The normalized spacial score (nSPS) is 12.0. The lowest BCUT2D eigenvalue weighted by Gasteiger charge is -2.14. The van der Waals surface area contributed by atoms with Gasteiger partial charge in [-0.2, -0.15) is 0 Å². The zero-order valence-electron chi connectivity index (χ0n) is 14.9. The quantitative estimate of drug-likeness (QED) is 0.709. The number of benzene rings is 2. The predicted molar refractivity (Wildman–Crippen MR) is 98.0 cm³/mol. The summed E-state index contributed by atoms with van der Waals surface area (Å²) in [6, 6.07) is 15.0. The van der Waals surface area contributed by atoms with Gasteiger partial charge in [0.1, 0.15) is 5.75 Å². The monoisotopic (exact) mass is 340 g/mol. The summed E-state index contributed by atoms with van der Waals surface area (Å²) in [5.74, 6) is -0.633. The summed E-state index contributed by atoms with van der Waals surface area (Å²) in [5.41, 5.74) is 2.58. The van der Waals surface area contributed by atoms with Gasteiger partial charge in [0.25, 0.3) is 0 Å². The molecule has 0 radical (unpaired) electrons. The molecule has 0 fully saturated rings. The van der Waals surface area contributed by atoms with Crippen molar-refractivity contribution in [1.29, 1.82) is 0 Å². The topological polar surface area (TPSA) is 63.6 Å². The maximum atomic E-state index is 12.4. The van der Waals surface area contributed by atoms with Gasteiger partial charge in [0.15, 0.2) is 5.78 Å². The minimum atomic E-state index is -0.906. The summed E-state index contributed by atoms with van der Waals surface area (Å²) in [6.45, 7) is 3.92. The van der Waals surface area contributed by atoms with Crippen LogP contribution in [0.2, 0.25) is 0 Å². The van der Waals surface area contributed by atoms with Gasteiger partial charge in [-0.25, -0.2) is 0 Å². The number of carboxylic acids is 1. The number of methoxy groups -OCH3 is 1. The molecule has 1 atom stereocenters. The van der Waals surface area contributed by atoms with Crippen LogP contribution in [0.15, 0.2) is 48.5 Å². The lowest BCUT2D eigenvalue weighted by molar-refractivity contribution is -0.142. The Hall–Kier alpha value is -2.62. The molecular weight excluding hydrogens is 316 g/mol. The lowest BCUT2D eigenvalue weighted by Crippen LogP contribution is -2.20. The first kappa shape index (κ1) is 18.7. The van der Waals surface area contributed by atoms with Crippen LogP contribution in [0.3, 0.4) is 0 Å². The van der Waals surface area contributed by atoms with E-state index in [1.807, 2.05) is 50.2 Å². The molecule has 1 N–H and O–H groups in total. The van der Waals surface area contributed by atoms with Crippen molar-refractivity contribution >= 4 is 11.8 Å². The SMILES string of the molecule is COc1ccc(-c2ccc(C(=O)CC(CC(C)C)C(=O)O)cc2)cc1. The zero-order valence-corrected chi connectivity index (χ0v) is 14.9. The first-order valence-electron chi connectivity index (χ1n) is 8.41. The molecule has 25 heavy (non-hydrogen) atoms. The van der Waals surface area contributed by atoms with Crippen molar-refractivity contribution in [3.63, 3.8) is 0 Å². The molecule has 4 heteroatoms. The summed E-state index contributed by atoms with van der Waals surface area (Å²) in [5, 5.41) is 9.29. The number of carbonyl (C=O) groups excluding carboxylic acids is 1. The highest BCUT2D eigenvalue weighted by atomic mass is 16.5. The maximum absolute atomic E-state index is 12.4. The van der Waals surface area contributed by atoms with Crippen LogP contribution in [-0.2, 0) is 4.79 Å². The van der Waals surface area contributed by atoms with Crippen molar-refractivity contribution in [2.45, 2.75) is 26.7 Å². The third-order valence-corrected chi connectivity index (χ3v) is 4.17. The van der Waals surface area contributed by atoms with Crippen LogP contribution in [-0.4, -0.2) is 24.0 Å². The zero-order chi connectivity index (χ0) is 18.4. The predicted octanol–water partition coefficient (Wildman–Crippen LogP) is 4.68. The van der Waals surface area contributed by atoms with Crippen LogP contribution < -0.4 is 4.74 Å². The standard InChI is InChI=1S/C21H24O4/c1-14(2)12-18(21(23)24)13-20(22)17-6-4-15(5-7-17)16-8-10-19(25-3)11-9-16/h4-11,14,18H,12-13H2,1-3H3,(H,23,24). The third kappa shape index (κ3) is 5.18. The van der Waals surface area contributed by atoms with E-state index < -0.39 is 11.9 Å². The van der Waals surface area contributed by atoms with Gasteiger partial charge in [-0.15, -0.1) is 0 Å². The summed E-state index contributed by atoms with van der Waals surface area (Å²) in [6.07, 6.45) is 0.542. The number of ether oxygens (including phenoxy) is 1. The van der Waals surface area contributed by atoms with Gasteiger partial charge in [-0.3, -0.25) is 9.59 Å². The molecule has 1 unspecified atom stereocenters. The van der Waals surface area contributed by atoms with Gasteiger partial charge in [-0.1, -0.05) is 50.2 Å². The van der Waals surface area contributed by atoms with Crippen LogP contribution in [0.4, 0.5) is 0 Å². The number of carbonyl (C=O) groups is 2. The molecule has 2 aromatic rings. The minimum absolute atomic E-state index is 0.0371. The molecule has 0 bridgehead atoms. The molecule has 0 amide bonds. The smallest absolute Gasteiger partial charge is 0.306 e. The van der Waals surface area contributed by atoms with Crippen molar-refractivity contribution < 1.29 is 19.4 Å². The Morgan fingerprint density at radius 3 is 1.92 bits per heavy atom. The van der Waals surface area contributed by atoms with E-state index in [1.165, 1.54) is 0 Å². The summed E-state index contributed by atoms with van der Waals surface area (Å²) >= 11 is 0. The molecule has 2 aromatic carbocycles. The average Bonchev–Trinajstić information content (AvgIpc) is 2.61. The van der Waals surface area contributed by atoms with Gasteiger partial charge in [0, 0.05) is 12.0 Å². The summed E-state index contributed by atoms with van der Waals surface area (Å²) in [7, 11) is 1.62. The molecule has 132 valence electrons. The Kier molecular flexibility index (Phi) is 6.34. The Balaban J connectivity index is 2.09. The molecule has 0 heterocycles. The summed E-state index contributed by atoms with van der Waals surface area (Å²) < 4.78 is 5.15. The van der Waals surface area contributed by atoms with Crippen molar-refractivity contribution in [2.24, 2.45) is 11.8 Å². The van der Waals surface area contributed by atoms with E-state index in [0.29, 0.717) is 12.0 Å². The number of ketones is 1. The number of hydrogen-bond acceptors (Lipinski definition) is 3. The molecule has 0 saturated carbocycles. The fourth-order valence-electron chi connectivity index (χ4n) is 2.81. The number of hydrogen-bond donors (Lipinski definition) is 1. The molecule has 0 aliphatic rings. The van der Waals surface area contributed by atoms with Crippen molar-refractivity contribution in [3.05, 3.63) is 54.1 Å². The number of rotatable bonds is 8. The van der Waals surface area contributed by atoms with E-state index in [4.69, 9.17) is 4.74 Å². The van der Waals surface area contributed by atoms with Crippen LogP contribution >= 0.6 is 0 Å². The van der Waals surface area contributed by atoms with Crippen LogP contribution in [0.25, 0.3) is 11.1 Å². The molecule has 0 saturated heterocycles. The largest absolute Gasteiger partial charge is 0.497 e. The van der Waals surface area contributed by atoms with Gasteiger partial charge in [-0.05, 0) is 35.6 Å². The maximum Gasteiger partial charge on any atom is 0.306 e. The van der Waals surface area contributed by atoms with E-state index >= 15 is 0 Å². The van der Waals surface area contributed by atoms with Crippen LogP contribution in [0, 0.1) is 11.8 Å². The minimum Gasteiger partial charge on any atom is -0.497 e. The molecule has 0 aliphatic heterocycles. The molecular formula is C21H24O4. The second-order valence-electron chi connectivity index (χ2n) is 6.60. The molecule has 0 aromatic heterocycles. The highest BCUT2D eigenvalue weighted by molar-refractivity contribution is 5.98. The van der Waals surface area contributed by atoms with Crippen molar-refractivity contribution in [3.8, 4) is 16.9 Å². The van der Waals surface area contributed by atoms with Gasteiger partial charge < -0.3 is 9.84 Å². The van der Waals surface area contributed by atoms with E-state index in [1.54, 1.807) is 19.2 Å². The van der Waals surface area contributed by atoms with E-state index in [2.05, 4.69) is 0 Å². The fourth-order valence-corrected chi connectivity index (χ4v) is 2.81. The van der Waals surface area contributed by atoms with Crippen molar-refractivity contribution in [2.75, 3.05) is 7.11 Å². The van der Waals surface area contributed by atoms with Gasteiger partial charge in [0.05, 0.1) is 13.0 Å². The number of carboxylic acid groups (broad SMARTS) is 1. The number of Topliss-reactive ketones (excluding diaryl/α,β-unsaturated/α-hetero) is 1. The Morgan fingerprint density at radius 1 is 0.960 bits per heavy atom. The highest BCUT2D eigenvalue weighted by Gasteiger charge is 2.23. The molecule has 4 nitrogen and oxygen atoms in total. The highest BCUT2D eigenvalue weighted by Crippen LogP contribution is 2.24. The summed E-state index contributed by atoms with van der Waals surface area (Å²) in [4.78, 5) is 23.7. The number of aliphatic carboxylic acids is 1. The molecule has 0 spiro atoms. The lowest BCUT2D eigenvalue weighted by atomic mass is 9.90. The van der Waals surface area contributed by atoms with Crippen molar-refractivity contribution in [1.82, 2.24) is 0 Å². The fraction of sp³-hybridized carbons (Fsp3) is 0.333. The third-order valence-electron chi connectivity index (χ3n) is 4.17. The Bertz CT molecular complexity index is 715. The Labute approximate surface area is 148 Å². The average molecular weight is 340 g/mol.